The van der Waals surface area contributed by atoms with Crippen molar-refractivity contribution in [1.82, 2.24) is 4.98 Å². The summed E-state index contributed by atoms with van der Waals surface area (Å²) in [7, 11) is 0. The van der Waals surface area contributed by atoms with E-state index in [9.17, 15) is 10.1 Å². The van der Waals surface area contributed by atoms with Crippen LogP contribution >= 0.6 is 15.9 Å². The number of pyridine rings is 1. The van der Waals surface area contributed by atoms with Crippen LogP contribution in [0.25, 0.3) is 0 Å². The molecule has 0 atom stereocenters. The number of ether oxygens (including phenoxy) is 3. The van der Waals surface area contributed by atoms with Crippen molar-refractivity contribution in [2.45, 2.75) is 6.61 Å². The van der Waals surface area contributed by atoms with Crippen molar-refractivity contribution in [2.75, 3.05) is 6.79 Å². The highest BCUT2D eigenvalue weighted by atomic mass is 79.9. The summed E-state index contributed by atoms with van der Waals surface area (Å²) in [5, 5.41) is 11.0. The van der Waals surface area contributed by atoms with E-state index in [-0.39, 0.29) is 25.0 Å². The number of halogens is 1. The zero-order chi connectivity index (χ0) is 14.8. The van der Waals surface area contributed by atoms with Gasteiger partial charge in [-0.25, -0.2) is 4.98 Å². The number of fused-ring (bicyclic) bond motifs is 1. The minimum atomic E-state index is -0.535. The fraction of sp³-hybridized carbons (Fsp3) is 0.154. The summed E-state index contributed by atoms with van der Waals surface area (Å²) in [6.07, 6.45) is 1.45. The Hall–Kier alpha value is -2.35. The van der Waals surface area contributed by atoms with Crippen LogP contribution in [0.5, 0.6) is 17.4 Å². The van der Waals surface area contributed by atoms with Crippen molar-refractivity contribution in [2.24, 2.45) is 0 Å². The van der Waals surface area contributed by atoms with E-state index in [0.717, 1.165) is 5.56 Å². The molecule has 0 aliphatic carbocycles. The molecule has 0 saturated carbocycles. The SMILES string of the molecule is O=[N+]([O-])c1cc(Br)cnc1OCc1ccc2c(c1)OCO2. The predicted octanol–water partition coefficient (Wildman–Crippen LogP) is 3.06. The van der Waals surface area contributed by atoms with Gasteiger partial charge in [0.25, 0.3) is 5.88 Å². The van der Waals surface area contributed by atoms with Crippen molar-refractivity contribution in [3.05, 3.63) is 50.6 Å². The fourth-order valence-corrected chi connectivity index (χ4v) is 2.16. The van der Waals surface area contributed by atoms with Gasteiger partial charge in [-0.05, 0) is 33.6 Å². The molecule has 1 aliphatic rings. The molecule has 0 radical (unpaired) electrons. The number of aromatic nitrogens is 1. The minimum absolute atomic E-state index is 0.0270. The normalized spacial score (nSPS) is 12.2. The van der Waals surface area contributed by atoms with Gasteiger partial charge in [0.1, 0.15) is 6.61 Å². The van der Waals surface area contributed by atoms with Gasteiger partial charge in [-0.15, -0.1) is 0 Å². The molecule has 1 aliphatic heterocycles. The fourth-order valence-electron chi connectivity index (χ4n) is 1.84. The summed E-state index contributed by atoms with van der Waals surface area (Å²) < 4.78 is 16.4. The van der Waals surface area contributed by atoms with Gasteiger partial charge in [0.2, 0.25) is 6.79 Å². The summed E-state index contributed by atoms with van der Waals surface area (Å²) in [5.74, 6) is 1.28. The monoisotopic (exact) mass is 352 g/mol. The second-order valence-corrected chi connectivity index (χ2v) is 5.13. The lowest BCUT2D eigenvalue weighted by atomic mass is 10.2. The number of nitro groups is 1. The van der Waals surface area contributed by atoms with Crippen molar-refractivity contribution in [3.8, 4) is 17.4 Å². The first-order valence-corrected chi connectivity index (χ1v) is 6.74. The number of benzene rings is 1. The third-order valence-electron chi connectivity index (χ3n) is 2.81. The number of nitrogens with zero attached hydrogens (tertiary/aromatic N) is 2. The van der Waals surface area contributed by atoms with Crippen LogP contribution < -0.4 is 14.2 Å². The Morgan fingerprint density at radius 3 is 2.95 bits per heavy atom. The molecule has 1 aromatic heterocycles. The van der Waals surface area contributed by atoms with E-state index < -0.39 is 4.92 Å². The van der Waals surface area contributed by atoms with E-state index >= 15 is 0 Å². The minimum Gasteiger partial charge on any atom is -0.468 e. The van der Waals surface area contributed by atoms with Crippen molar-refractivity contribution >= 4 is 21.6 Å². The van der Waals surface area contributed by atoms with E-state index in [1.807, 2.05) is 0 Å². The molecule has 8 heteroatoms. The molecular formula is C13H9BrN2O5. The van der Waals surface area contributed by atoms with E-state index in [2.05, 4.69) is 20.9 Å². The molecule has 0 N–H and O–H groups in total. The first kappa shape index (κ1) is 13.6. The predicted molar refractivity (Wildman–Crippen MR) is 75.5 cm³/mol. The van der Waals surface area contributed by atoms with E-state index in [4.69, 9.17) is 14.2 Å². The van der Waals surface area contributed by atoms with Crippen LogP contribution in [0.15, 0.2) is 34.9 Å². The Balaban J connectivity index is 1.77. The number of hydrogen-bond acceptors (Lipinski definition) is 6. The molecule has 0 spiro atoms. The lowest BCUT2D eigenvalue weighted by Gasteiger charge is -2.06. The van der Waals surface area contributed by atoms with Crippen LogP contribution in [0.3, 0.4) is 0 Å². The Kier molecular flexibility index (Phi) is 3.61. The molecule has 2 aromatic rings. The van der Waals surface area contributed by atoms with Gasteiger partial charge in [-0.1, -0.05) is 6.07 Å². The Morgan fingerprint density at radius 2 is 2.14 bits per heavy atom. The maximum atomic E-state index is 11.0. The highest BCUT2D eigenvalue weighted by Crippen LogP contribution is 2.33. The van der Waals surface area contributed by atoms with Gasteiger partial charge in [0.05, 0.1) is 4.92 Å². The largest absolute Gasteiger partial charge is 0.468 e. The molecule has 21 heavy (non-hydrogen) atoms. The summed E-state index contributed by atoms with van der Waals surface area (Å²) in [5.41, 5.74) is 0.614. The average Bonchev–Trinajstić information content (AvgIpc) is 2.93. The maximum absolute atomic E-state index is 11.0. The summed E-state index contributed by atoms with van der Waals surface area (Å²) >= 11 is 3.14. The van der Waals surface area contributed by atoms with Crippen LogP contribution in [0.1, 0.15) is 5.56 Å². The molecule has 7 nitrogen and oxygen atoms in total. The third kappa shape index (κ3) is 2.89. The quantitative estimate of drug-likeness (QED) is 0.621. The Bertz CT molecular complexity index is 707. The topological polar surface area (TPSA) is 83.7 Å². The van der Waals surface area contributed by atoms with Crippen LogP contribution in [-0.4, -0.2) is 16.7 Å². The van der Waals surface area contributed by atoms with Gasteiger partial charge in [-0.2, -0.15) is 0 Å². The molecule has 0 bridgehead atoms. The first-order valence-electron chi connectivity index (χ1n) is 5.95. The molecule has 1 aromatic carbocycles. The van der Waals surface area contributed by atoms with E-state index in [1.54, 1.807) is 18.2 Å². The van der Waals surface area contributed by atoms with Crippen molar-refractivity contribution in [1.29, 1.82) is 0 Å². The van der Waals surface area contributed by atoms with Crippen molar-refractivity contribution < 1.29 is 19.1 Å². The van der Waals surface area contributed by atoms with Gasteiger partial charge < -0.3 is 14.2 Å². The maximum Gasteiger partial charge on any atom is 0.332 e. The van der Waals surface area contributed by atoms with Gasteiger partial charge in [0, 0.05) is 16.7 Å². The summed E-state index contributed by atoms with van der Waals surface area (Å²) in [6, 6.07) is 6.69. The van der Waals surface area contributed by atoms with Crippen LogP contribution in [0, 0.1) is 10.1 Å². The molecule has 2 heterocycles. The highest BCUT2D eigenvalue weighted by molar-refractivity contribution is 9.10. The molecule has 0 unspecified atom stereocenters. The average molecular weight is 353 g/mol. The lowest BCUT2D eigenvalue weighted by Crippen LogP contribution is -2.01. The zero-order valence-electron chi connectivity index (χ0n) is 10.6. The highest BCUT2D eigenvalue weighted by Gasteiger charge is 2.18. The molecular weight excluding hydrogens is 344 g/mol. The second-order valence-electron chi connectivity index (χ2n) is 4.21. The molecule has 0 fully saturated rings. The Labute approximate surface area is 127 Å². The second kappa shape index (κ2) is 5.57. The third-order valence-corrected chi connectivity index (χ3v) is 3.24. The Morgan fingerprint density at radius 1 is 1.33 bits per heavy atom. The molecule has 3 rings (SSSR count). The van der Waals surface area contributed by atoms with Crippen LogP contribution in [0.4, 0.5) is 5.69 Å². The molecule has 108 valence electrons. The lowest BCUT2D eigenvalue weighted by molar-refractivity contribution is -0.386. The van der Waals surface area contributed by atoms with Crippen LogP contribution in [-0.2, 0) is 6.61 Å². The standard InChI is InChI=1S/C13H9BrN2O5/c14-9-4-10(16(17)18)13(15-5-9)19-6-8-1-2-11-12(3-8)21-7-20-11/h1-5H,6-7H2. The van der Waals surface area contributed by atoms with E-state index in [0.29, 0.717) is 16.0 Å². The molecule has 0 amide bonds. The number of hydrogen-bond donors (Lipinski definition) is 0. The van der Waals surface area contributed by atoms with Gasteiger partial charge in [0.15, 0.2) is 11.5 Å². The van der Waals surface area contributed by atoms with Crippen molar-refractivity contribution in [3.63, 3.8) is 0 Å². The zero-order valence-corrected chi connectivity index (χ0v) is 12.2. The van der Waals surface area contributed by atoms with E-state index in [1.165, 1.54) is 12.3 Å². The van der Waals surface area contributed by atoms with Crippen LogP contribution in [0.2, 0.25) is 0 Å². The number of rotatable bonds is 4. The first-order chi connectivity index (χ1) is 10.1. The van der Waals surface area contributed by atoms with Gasteiger partial charge >= 0.3 is 5.69 Å². The smallest absolute Gasteiger partial charge is 0.332 e. The summed E-state index contributed by atoms with van der Waals surface area (Å²) in [6.45, 7) is 0.339. The van der Waals surface area contributed by atoms with Gasteiger partial charge in [-0.3, -0.25) is 10.1 Å². The summed E-state index contributed by atoms with van der Waals surface area (Å²) in [4.78, 5) is 14.4. The molecule has 0 saturated heterocycles.